The second-order valence-corrected chi connectivity index (χ2v) is 11.4. The van der Waals surface area contributed by atoms with Gasteiger partial charge < -0.3 is 21.1 Å². The smallest absolute Gasteiger partial charge is 0.335 e. The summed E-state index contributed by atoms with van der Waals surface area (Å²) >= 11 is 1.33. The lowest BCUT2D eigenvalue weighted by molar-refractivity contribution is -0.116. The molecule has 0 bridgehead atoms. The molecule has 0 fully saturated rings. The lowest BCUT2D eigenvalue weighted by atomic mass is 10.1. The highest BCUT2D eigenvalue weighted by Gasteiger charge is 2.20. The lowest BCUT2D eigenvalue weighted by Crippen LogP contribution is -2.30. The molecule has 4 N–H and O–H groups in total. The second-order valence-electron chi connectivity index (χ2n) is 10.1. The minimum Gasteiger partial charge on any atom is -0.478 e. The van der Waals surface area contributed by atoms with Gasteiger partial charge in [-0.05, 0) is 79.9 Å². The molecule has 0 radical (unpaired) electrons. The number of nitrogens with one attached hydrogen (secondary N) is 3. The van der Waals surface area contributed by atoms with E-state index in [1.807, 2.05) is 50.2 Å². The molecule has 1 unspecified atom stereocenters. The Morgan fingerprint density at radius 1 is 0.818 bits per heavy atom. The number of benzene rings is 4. The van der Waals surface area contributed by atoms with Crippen LogP contribution in [0.4, 0.5) is 11.4 Å². The van der Waals surface area contributed by atoms with Gasteiger partial charge in [-0.15, -0.1) is 11.8 Å². The standard InChI is InChI=1S/C35H33N3O5S/c1-4-31(34(41)37-29-20-26(35(42)43)17-16-23(29)3)44-28-15-9-14-27(21-28)36-33(40)30(19-24-11-8-10-22(2)18-24)38-32(39)25-12-6-5-7-13-25/h5-21,31H,4H2,1-3H3,(H,36,40)(H,37,41)(H,38,39)(H,42,43)/b30-19+. The number of rotatable bonds is 11. The van der Waals surface area contributed by atoms with Crippen LogP contribution in [0.3, 0.4) is 0 Å². The molecule has 4 aromatic rings. The zero-order valence-corrected chi connectivity index (χ0v) is 25.4. The monoisotopic (exact) mass is 607 g/mol. The molecule has 1 atom stereocenters. The Balaban J connectivity index is 1.50. The summed E-state index contributed by atoms with van der Waals surface area (Å²) in [6, 6.07) is 27.9. The summed E-state index contributed by atoms with van der Waals surface area (Å²) in [7, 11) is 0. The van der Waals surface area contributed by atoms with Gasteiger partial charge in [0.15, 0.2) is 0 Å². The number of carbonyl (C=O) groups is 4. The molecule has 0 aliphatic rings. The van der Waals surface area contributed by atoms with Crippen LogP contribution in [0.2, 0.25) is 0 Å². The van der Waals surface area contributed by atoms with Gasteiger partial charge in [-0.2, -0.15) is 0 Å². The van der Waals surface area contributed by atoms with E-state index in [0.29, 0.717) is 23.4 Å². The van der Waals surface area contributed by atoms with Crippen LogP contribution in [0, 0.1) is 13.8 Å². The molecule has 0 spiro atoms. The average Bonchev–Trinajstić information content (AvgIpc) is 3.01. The number of carboxylic acids is 1. The molecular formula is C35H33N3O5S. The highest BCUT2D eigenvalue weighted by Crippen LogP contribution is 2.29. The highest BCUT2D eigenvalue weighted by molar-refractivity contribution is 8.00. The van der Waals surface area contributed by atoms with E-state index in [1.54, 1.807) is 61.5 Å². The van der Waals surface area contributed by atoms with Crippen molar-refractivity contribution in [2.45, 2.75) is 37.3 Å². The second kappa shape index (κ2) is 14.8. The van der Waals surface area contributed by atoms with E-state index in [-0.39, 0.29) is 17.2 Å². The van der Waals surface area contributed by atoms with Crippen molar-refractivity contribution in [3.63, 3.8) is 0 Å². The number of hydrogen-bond donors (Lipinski definition) is 4. The fraction of sp³-hybridized carbons (Fsp3) is 0.143. The quantitative estimate of drug-likeness (QED) is 0.108. The van der Waals surface area contributed by atoms with Gasteiger partial charge in [0.1, 0.15) is 5.70 Å². The Kier molecular flexibility index (Phi) is 10.7. The average molecular weight is 608 g/mol. The van der Waals surface area contributed by atoms with Crippen LogP contribution in [0.5, 0.6) is 0 Å². The number of carbonyl (C=O) groups excluding carboxylic acids is 3. The van der Waals surface area contributed by atoms with E-state index in [0.717, 1.165) is 21.6 Å². The Morgan fingerprint density at radius 3 is 2.27 bits per heavy atom. The molecular weight excluding hydrogens is 574 g/mol. The van der Waals surface area contributed by atoms with E-state index in [1.165, 1.54) is 23.9 Å². The summed E-state index contributed by atoms with van der Waals surface area (Å²) in [5.41, 5.74) is 4.04. The first-order valence-corrected chi connectivity index (χ1v) is 14.9. The Morgan fingerprint density at radius 2 is 1.57 bits per heavy atom. The summed E-state index contributed by atoms with van der Waals surface area (Å²) in [5.74, 6) is -2.25. The van der Waals surface area contributed by atoms with Crippen molar-refractivity contribution in [1.82, 2.24) is 5.32 Å². The molecule has 224 valence electrons. The number of thioether (sulfide) groups is 1. The Hall–Kier alpha value is -5.15. The van der Waals surface area contributed by atoms with Gasteiger partial charge in [-0.1, -0.05) is 67.1 Å². The minimum atomic E-state index is -1.07. The number of amides is 3. The summed E-state index contributed by atoms with van der Waals surface area (Å²) in [6.07, 6.45) is 2.14. The van der Waals surface area contributed by atoms with E-state index >= 15 is 0 Å². The number of anilines is 2. The van der Waals surface area contributed by atoms with Crippen LogP contribution in [0.1, 0.15) is 50.8 Å². The van der Waals surface area contributed by atoms with Gasteiger partial charge in [0, 0.05) is 21.8 Å². The molecule has 0 aromatic heterocycles. The normalized spacial score (nSPS) is 11.8. The Labute approximate surface area is 260 Å². The molecule has 44 heavy (non-hydrogen) atoms. The van der Waals surface area contributed by atoms with Gasteiger partial charge in [-0.3, -0.25) is 14.4 Å². The van der Waals surface area contributed by atoms with Gasteiger partial charge in [0.05, 0.1) is 10.8 Å². The van der Waals surface area contributed by atoms with Crippen LogP contribution < -0.4 is 16.0 Å². The first kappa shape index (κ1) is 31.8. The SMILES string of the molecule is CCC(Sc1cccc(NC(=O)/C(=C\c2cccc(C)c2)NC(=O)c2ccccc2)c1)C(=O)Nc1cc(C(=O)O)ccc1C. The maximum absolute atomic E-state index is 13.5. The van der Waals surface area contributed by atoms with E-state index in [4.69, 9.17) is 0 Å². The van der Waals surface area contributed by atoms with Crippen LogP contribution in [0.25, 0.3) is 6.08 Å². The minimum absolute atomic E-state index is 0.0762. The number of hydrogen-bond acceptors (Lipinski definition) is 5. The number of aryl methyl sites for hydroxylation is 2. The van der Waals surface area contributed by atoms with Gasteiger partial charge in [-0.25, -0.2) is 4.79 Å². The van der Waals surface area contributed by atoms with E-state index < -0.39 is 23.0 Å². The lowest BCUT2D eigenvalue weighted by Gasteiger charge is -2.17. The van der Waals surface area contributed by atoms with Gasteiger partial charge in [0.2, 0.25) is 5.91 Å². The largest absolute Gasteiger partial charge is 0.478 e. The zero-order chi connectivity index (χ0) is 31.6. The fourth-order valence-corrected chi connectivity index (χ4v) is 5.32. The van der Waals surface area contributed by atoms with Crippen molar-refractivity contribution < 1.29 is 24.3 Å². The predicted molar refractivity (Wildman–Crippen MR) is 175 cm³/mol. The summed E-state index contributed by atoms with van der Waals surface area (Å²) in [4.78, 5) is 51.7. The summed E-state index contributed by atoms with van der Waals surface area (Å²) < 4.78 is 0. The van der Waals surface area contributed by atoms with Crippen LogP contribution in [0.15, 0.2) is 108 Å². The van der Waals surface area contributed by atoms with Crippen molar-refractivity contribution >= 4 is 52.9 Å². The summed E-state index contributed by atoms with van der Waals surface area (Å²) in [5, 5.41) is 17.3. The third-order valence-electron chi connectivity index (χ3n) is 6.66. The topological polar surface area (TPSA) is 125 Å². The molecule has 9 heteroatoms. The van der Waals surface area contributed by atoms with Crippen molar-refractivity contribution in [3.8, 4) is 0 Å². The molecule has 0 aliphatic carbocycles. The van der Waals surface area contributed by atoms with Gasteiger partial charge >= 0.3 is 5.97 Å². The number of aromatic carboxylic acids is 1. The third-order valence-corrected chi connectivity index (χ3v) is 8.02. The van der Waals surface area contributed by atoms with Crippen molar-refractivity contribution in [3.05, 3.63) is 131 Å². The first-order valence-electron chi connectivity index (χ1n) is 14.0. The predicted octanol–water partition coefficient (Wildman–Crippen LogP) is 6.92. The molecule has 0 aliphatic heterocycles. The highest BCUT2D eigenvalue weighted by atomic mass is 32.2. The summed E-state index contributed by atoms with van der Waals surface area (Å²) in [6.45, 7) is 5.63. The Bertz CT molecular complexity index is 1720. The maximum atomic E-state index is 13.5. The van der Waals surface area contributed by atoms with Crippen molar-refractivity contribution in [2.24, 2.45) is 0 Å². The molecule has 0 heterocycles. The van der Waals surface area contributed by atoms with Crippen LogP contribution >= 0.6 is 11.8 Å². The van der Waals surface area contributed by atoms with E-state index in [2.05, 4.69) is 16.0 Å². The molecule has 8 nitrogen and oxygen atoms in total. The third kappa shape index (κ3) is 8.68. The molecule has 0 saturated heterocycles. The maximum Gasteiger partial charge on any atom is 0.335 e. The fourth-order valence-electron chi connectivity index (χ4n) is 4.30. The first-order chi connectivity index (χ1) is 21.1. The molecule has 4 rings (SSSR count). The van der Waals surface area contributed by atoms with Crippen molar-refractivity contribution in [1.29, 1.82) is 0 Å². The van der Waals surface area contributed by atoms with Gasteiger partial charge in [0.25, 0.3) is 11.8 Å². The number of carboxylic acid groups (broad SMARTS) is 1. The van der Waals surface area contributed by atoms with Crippen LogP contribution in [-0.2, 0) is 9.59 Å². The zero-order valence-electron chi connectivity index (χ0n) is 24.6. The van der Waals surface area contributed by atoms with Crippen LogP contribution in [-0.4, -0.2) is 34.0 Å². The molecule has 4 aromatic carbocycles. The molecule has 0 saturated carbocycles. The van der Waals surface area contributed by atoms with E-state index in [9.17, 15) is 24.3 Å². The van der Waals surface area contributed by atoms with Crippen molar-refractivity contribution in [2.75, 3.05) is 10.6 Å². The molecule has 3 amide bonds.